The molecule has 0 saturated carbocycles. The summed E-state index contributed by atoms with van der Waals surface area (Å²) in [6.07, 6.45) is 5.48. The van der Waals surface area contributed by atoms with Gasteiger partial charge in [0.25, 0.3) is 0 Å². The van der Waals surface area contributed by atoms with Crippen molar-refractivity contribution in [2.24, 2.45) is 0 Å². The summed E-state index contributed by atoms with van der Waals surface area (Å²) < 4.78 is 5.26. The van der Waals surface area contributed by atoms with Gasteiger partial charge < -0.3 is 9.73 Å². The second kappa shape index (κ2) is 9.57. The van der Waals surface area contributed by atoms with Gasteiger partial charge in [0.15, 0.2) is 0 Å². The number of benzene rings is 3. The fraction of sp³-hybridized carbons (Fsp3) is 0.0741. The van der Waals surface area contributed by atoms with Crippen molar-refractivity contribution >= 4 is 12.0 Å². The predicted molar refractivity (Wildman–Crippen MR) is 121 cm³/mol. The molecule has 3 nitrogen and oxygen atoms in total. The van der Waals surface area contributed by atoms with Crippen molar-refractivity contribution in [3.05, 3.63) is 126 Å². The Kier molecular flexibility index (Phi) is 6.21. The summed E-state index contributed by atoms with van der Waals surface area (Å²) in [6, 6.07) is 32.3. The molecule has 3 aromatic carbocycles. The molecule has 4 rings (SSSR count). The molecular weight excluding hydrogens is 370 g/mol. The van der Waals surface area contributed by atoms with Gasteiger partial charge in [-0.05, 0) is 46.9 Å². The van der Waals surface area contributed by atoms with Gasteiger partial charge in [-0.25, -0.2) is 0 Å². The topological polar surface area (TPSA) is 42.2 Å². The van der Waals surface area contributed by atoms with Crippen LogP contribution in [0.2, 0.25) is 0 Å². The van der Waals surface area contributed by atoms with Crippen molar-refractivity contribution in [3.8, 4) is 11.1 Å². The van der Waals surface area contributed by atoms with E-state index in [9.17, 15) is 4.79 Å². The first kappa shape index (κ1) is 19.5. The monoisotopic (exact) mass is 393 g/mol. The molecule has 30 heavy (non-hydrogen) atoms. The van der Waals surface area contributed by atoms with E-state index in [1.54, 1.807) is 18.4 Å². The summed E-state index contributed by atoms with van der Waals surface area (Å²) in [7, 11) is 0. The zero-order chi connectivity index (χ0) is 20.6. The van der Waals surface area contributed by atoms with Crippen molar-refractivity contribution in [1.29, 1.82) is 0 Å². The lowest BCUT2D eigenvalue weighted by Gasteiger charge is -2.19. The average molecular weight is 393 g/mol. The number of furan rings is 1. The SMILES string of the molecule is O=C(/C=C/c1ccco1)NC(Cc1ccccc1)c1ccc(-c2ccccc2)cc1. The lowest BCUT2D eigenvalue weighted by Crippen LogP contribution is -2.28. The van der Waals surface area contributed by atoms with E-state index in [1.807, 2.05) is 42.5 Å². The maximum absolute atomic E-state index is 12.6. The highest BCUT2D eigenvalue weighted by Gasteiger charge is 2.14. The van der Waals surface area contributed by atoms with Crippen molar-refractivity contribution < 1.29 is 9.21 Å². The van der Waals surface area contributed by atoms with Gasteiger partial charge in [-0.3, -0.25) is 4.79 Å². The van der Waals surface area contributed by atoms with Gasteiger partial charge in [0.2, 0.25) is 5.91 Å². The number of hydrogen-bond donors (Lipinski definition) is 1. The third kappa shape index (κ3) is 5.15. The fourth-order valence-corrected chi connectivity index (χ4v) is 3.40. The molecule has 0 saturated heterocycles. The molecule has 0 bridgehead atoms. The minimum atomic E-state index is -0.153. The molecule has 0 radical (unpaired) electrons. The van der Waals surface area contributed by atoms with Crippen LogP contribution in [0.25, 0.3) is 17.2 Å². The summed E-state index contributed by atoms with van der Waals surface area (Å²) in [5.74, 6) is 0.497. The standard InChI is InChI=1S/C27H23NO2/c29-27(18-17-25-12-7-19-30-25)28-26(20-21-8-3-1-4-9-21)24-15-13-23(14-16-24)22-10-5-2-6-11-22/h1-19,26H,20H2,(H,28,29)/b18-17+. The summed E-state index contributed by atoms with van der Waals surface area (Å²) in [6.45, 7) is 0. The molecule has 1 N–H and O–H groups in total. The average Bonchev–Trinajstić information content (AvgIpc) is 3.33. The zero-order valence-electron chi connectivity index (χ0n) is 16.6. The highest BCUT2D eigenvalue weighted by Crippen LogP contribution is 2.24. The molecule has 0 fully saturated rings. The molecule has 1 aromatic heterocycles. The van der Waals surface area contributed by atoms with Crippen LogP contribution in [0.5, 0.6) is 0 Å². The number of carbonyl (C=O) groups is 1. The normalized spacial score (nSPS) is 12.0. The second-order valence-electron chi connectivity index (χ2n) is 7.09. The van der Waals surface area contributed by atoms with Gasteiger partial charge >= 0.3 is 0 Å². The molecule has 1 heterocycles. The van der Waals surface area contributed by atoms with Crippen LogP contribution in [-0.4, -0.2) is 5.91 Å². The largest absolute Gasteiger partial charge is 0.465 e. The van der Waals surface area contributed by atoms with E-state index in [0.29, 0.717) is 12.2 Å². The first-order valence-corrected chi connectivity index (χ1v) is 9.99. The van der Waals surface area contributed by atoms with Crippen LogP contribution in [0.4, 0.5) is 0 Å². The molecular formula is C27H23NO2. The van der Waals surface area contributed by atoms with Gasteiger partial charge in [0.1, 0.15) is 5.76 Å². The van der Waals surface area contributed by atoms with Crippen LogP contribution in [0.1, 0.15) is 22.9 Å². The molecule has 1 amide bonds. The van der Waals surface area contributed by atoms with Crippen molar-refractivity contribution in [2.45, 2.75) is 12.5 Å². The molecule has 1 unspecified atom stereocenters. The highest BCUT2D eigenvalue weighted by molar-refractivity contribution is 5.91. The molecule has 0 spiro atoms. The lowest BCUT2D eigenvalue weighted by molar-refractivity contribution is -0.117. The first-order valence-electron chi connectivity index (χ1n) is 9.99. The van der Waals surface area contributed by atoms with E-state index in [4.69, 9.17) is 4.42 Å². The first-order chi connectivity index (χ1) is 14.8. The van der Waals surface area contributed by atoms with E-state index in [2.05, 4.69) is 53.8 Å². The van der Waals surface area contributed by atoms with Gasteiger partial charge in [0, 0.05) is 6.08 Å². The van der Waals surface area contributed by atoms with Gasteiger partial charge in [-0.2, -0.15) is 0 Å². The summed E-state index contributed by atoms with van der Waals surface area (Å²) >= 11 is 0. The molecule has 148 valence electrons. The predicted octanol–water partition coefficient (Wildman–Crippen LogP) is 6.06. The Balaban J connectivity index is 1.54. The molecule has 4 aromatic rings. The Labute approximate surface area is 176 Å². The van der Waals surface area contributed by atoms with Crippen LogP contribution in [0.15, 0.2) is 114 Å². The molecule has 0 aliphatic heterocycles. The second-order valence-corrected chi connectivity index (χ2v) is 7.09. The third-order valence-electron chi connectivity index (χ3n) is 4.96. The molecule has 1 atom stereocenters. The Morgan fingerprint density at radius 1 is 0.800 bits per heavy atom. The van der Waals surface area contributed by atoms with Gasteiger partial charge in [-0.15, -0.1) is 0 Å². The van der Waals surface area contributed by atoms with Crippen LogP contribution in [0.3, 0.4) is 0 Å². The lowest BCUT2D eigenvalue weighted by atomic mass is 9.96. The minimum Gasteiger partial charge on any atom is -0.465 e. The van der Waals surface area contributed by atoms with E-state index < -0.39 is 0 Å². The highest BCUT2D eigenvalue weighted by atomic mass is 16.3. The zero-order valence-corrected chi connectivity index (χ0v) is 16.6. The van der Waals surface area contributed by atoms with E-state index in [-0.39, 0.29) is 11.9 Å². The third-order valence-corrected chi connectivity index (χ3v) is 4.96. The minimum absolute atomic E-state index is 0.133. The number of nitrogens with one attached hydrogen (secondary N) is 1. The van der Waals surface area contributed by atoms with Crippen molar-refractivity contribution in [2.75, 3.05) is 0 Å². The van der Waals surface area contributed by atoms with Crippen LogP contribution in [0, 0.1) is 0 Å². The fourth-order valence-electron chi connectivity index (χ4n) is 3.40. The molecule has 0 aliphatic rings. The Hall–Kier alpha value is -3.85. The number of hydrogen-bond acceptors (Lipinski definition) is 2. The van der Waals surface area contributed by atoms with E-state index >= 15 is 0 Å². The van der Waals surface area contributed by atoms with Crippen LogP contribution in [-0.2, 0) is 11.2 Å². The van der Waals surface area contributed by atoms with Crippen LogP contribution >= 0.6 is 0 Å². The molecule has 0 aliphatic carbocycles. The van der Waals surface area contributed by atoms with Gasteiger partial charge in [-0.1, -0.05) is 84.9 Å². The summed E-state index contributed by atoms with van der Waals surface area (Å²) in [4.78, 5) is 12.6. The maximum Gasteiger partial charge on any atom is 0.244 e. The Morgan fingerprint density at radius 3 is 2.13 bits per heavy atom. The number of rotatable bonds is 7. The Bertz CT molecular complexity index is 1080. The number of amides is 1. The van der Waals surface area contributed by atoms with E-state index in [1.165, 1.54) is 17.2 Å². The van der Waals surface area contributed by atoms with Crippen molar-refractivity contribution in [3.63, 3.8) is 0 Å². The van der Waals surface area contributed by atoms with Gasteiger partial charge in [0.05, 0.1) is 12.3 Å². The summed E-state index contributed by atoms with van der Waals surface area (Å²) in [5, 5.41) is 3.14. The number of carbonyl (C=O) groups excluding carboxylic acids is 1. The summed E-state index contributed by atoms with van der Waals surface area (Å²) in [5.41, 5.74) is 4.57. The quantitative estimate of drug-likeness (QED) is 0.388. The molecule has 3 heteroatoms. The smallest absolute Gasteiger partial charge is 0.244 e. The van der Waals surface area contributed by atoms with E-state index in [0.717, 1.165) is 11.1 Å². The van der Waals surface area contributed by atoms with Crippen LogP contribution < -0.4 is 5.32 Å². The van der Waals surface area contributed by atoms with Crippen molar-refractivity contribution in [1.82, 2.24) is 5.32 Å². The Morgan fingerprint density at radius 2 is 1.47 bits per heavy atom. The maximum atomic E-state index is 12.6.